The molecule has 2 rings (SSSR count). The molecule has 1 fully saturated rings. The van der Waals surface area contributed by atoms with Gasteiger partial charge < -0.3 is 20.4 Å². The first kappa shape index (κ1) is 13.6. The first-order valence-electron chi connectivity index (χ1n) is 6.57. The first-order valence-corrected chi connectivity index (χ1v) is 6.57. The summed E-state index contributed by atoms with van der Waals surface area (Å²) in [4.78, 5) is 23.1. The number of rotatable bonds is 6. The van der Waals surface area contributed by atoms with Crippen molar-refractivity contribution in [3.63, 3.8) is 0 Å². The van der Waals surface area contributed by atoms with Gasteiger partial charge in [-0.3, -0.25) is 9.59 Å². The molecule has 0 aromatic carbocycles. The molecule has 1 aliphatic rings. The second kappa shape index (κ2) is 6.94. The molecule has 1 aliphatic heterocycles. The summed E-state index contributed by atoms with van der Waals surface area (Å²) in [5.74, 6) is 0.0323. The summed E-state index contributed by atoms with van der Waals surface area (Å²) in [7, 11) is 0. The zero-order valence-corrected chi connectivity index (χ0v) is 10.8. The third-order valence-corrected chi connectivity index (χ3v) is 3.07. The van der Waals surface area contributed by atoms with Crippen molar-refractivity contribution in [2.24, 2.45) is 0 Å². The summed E-state index contributed by atoms with van der Waals surface area (Å²) in [5.41, 5.74) is 0. The normalized spacial score (nSPS) is 18.2. The lowest BCUT2D eigenvalue weighted by Gasteiger charge is -2.10. The smallest absolute Gasteiger partial charge is 0.287 e. The van der Waals surface area contributed by atoms with E-state index in [0.29, 0.717) is 25.6 Å². The van der Waals surface area contributed by atoms with Gasteiger partial charge in [-0.05, 0) is 31.5 Å². The summed E-state index contributed by atoms with van der Waals surface area (Å²) in [6.07, 6.45) is 4.15. The van der Waals surface area contributed by atoms with Gasteiger partial charge in [0.05, 0.1) is 6.26 Å². The molecular formula is C13H19N3O3. The van der Waals surface area contributed by atoms with E-state index < -0.39 is 0 Å². The lowest BCUT2D eigenvalue weighted by molar-refractivity contribution is -0.121. The Kier molecular flexibility index (Phi) is 4.97. The Labute approximate surface area is 111 Å². The maximum absolute atomic E-state index is 11.6. The van der Waals surface area contributed by atoms with Crippen LogP contribution in [0.25, 0.3) is 0 Å². The fourth-order valence-corrected chi connectivity index (χ4v) is 2.10. The van der Waals surface area contributed by atoms with Gasteiger partial charge in [-0.1, -0.05) is 0 Å². The average molecular weight is 265 g/mol. The van der Waals surface area contributed by atoms with Crippen LogP contribution in [0.1, 0.15) is 29.8 Å². The van der Waals surface area contributed by atoms with Crippen LogP contribution in [-0.2, 0) is 4.79 Å². The second-order valence-corrected chi connectivity index (χ2v) is 4.58. The lowest BCUT2D eigenvalue weighted by atomic mass is 10.1. The van der Waals surface area contributed by atoms with Gasteiger partial charge in [0.25, 0.3) is 5.91 Å². The fourth-order valence-electron chi connectivity index (χ4n) is 2.10. The van der Waals surface area contributed by atoms with Gasteiger partial charge in [0.2, 0.25) is 5.91 Å². The highest BCUT2D eigenvalue weighted by molar-refractivity contribution is 5.91. The lowest BCUT2D eigenvalue weighted by Crippen LogP contribution is -2.37. The van der Waals surface area contributed by atoms with Gasteiger partial charge in [-0.2, -0.15) is 0 Å². The predicted octanol–water partition coefficient (Wildman–Crippen LogP) is 0.268. The van der Waals surface area contributed by atoms with E-state index >= 15 is 0 Å². The average Bonchev–Trinajstić information content (AvgIpc) is 3.06. The molecule has 1 aromatic rings. The van der Waals surface area contributed by atoms with Gasteiger partial charge in [0, 0.05) is 25.6 Å². The molecule has 104 valence electrons. The van der Waals surface area contributed by atoms with E-state index in [0.717, 1.165) is 19.4 Å². The van der Waals surface area contributed by atoms with Crippen LogP contribution < -0.4 is 16.0 Å². The van der Waals surface area contributed by atoms with E-state index in [-0.39, 0.29) is 17.6 Å². The molecule has 6 heteroatoms. The molecule has 1 unspecified atom stereocenters. The highest BCUT2D eigenvalue weighted by atomic mass is 16.3. The molecule has 0 saturated carbocycles. The van der Waals surface area contributed by atoms with Crippen LogP contribution in [0.3, 0.4) is 0 Å². The third-order valence-electron chi connectivity index (χ3n) is 3.07. The fraction of sp³-hybridized carbons (Fsp3) is 0.538. The Bertz CT molecular complexity index is 411. The Morgan fingerprint density at radius 1 is 1.37 bits per heavy atom. The molecule has 0 radical (unpaired) electrons. The zero-order valence-electron chi connectivity index (χ0n) is 10.8. The second-order valence-electron chi connectivity index (χ2n) is 4.58. The molecule has 0 spiro atoms. The monoisotopic (exact) mass is 265 g/mol. The third kappa shape index (κ3) is 4.40. The number of carbonyl (C=O) groups is 2. The summed E-state index contributed by atoms with van der Waals surface area (Å²) < 4.78 is 4.95. The topological polar surface area (TPSA) is 83.4 Å². The van der Waals surface area contributed by atoms with Crippen molar-refractivity contribution >= 4 is 11.8 Å². The number of hydrogen-bond acceptors (Lipinski definition) is 4. The predicted molar refractivity (Wildman–Crippen MR) is 69.7 cm³/mol. The molecular weight excluding hydrogens is 246 g/mol. The summed E-state index contributed by atoms with van der Waals surface area (Å²) in [6, 6.07) is 3.56. The molecule has 1 atom stereocenters. The first-order chi connectivity index (χ1) is 9.25. The van der Waals surface area contributed by atoms with Crippen molar-refractivity contribution in [2.45, 2.75) is 25.3 Å². The Morgan fingerprint density at radius 2 is 2.21 bits per heavy atom. The number of carbonyl (C=O) groups excluding carboxylic acids is 2. The van der Waals surface area contributed by atoms with E-state index in [1.165, 1.54) is 6.26 Å². The minimum Gasteiger partial charge on any atom is -0.459 e. The standard InChI is InChI=1S/C13H19N3O3/c17-12(9-10-3-1-5-14-10)15-6-7-16-13(18)11-4-2-8-19-11/h2,4,8,10,14H,1,3,5-7,9H2,(H,15,17)(H,16,18). The molecule has 6 nitrogen and oxygen atoms in total. The minimum absolute atomic E-state index is 0.0200. The van der Waals surface area contributed by atoms with Gasteiger partial charge >= 0.3 is 0 Å². The number of nitrogens with one attached hydrogen (secondary N) is 3. The van der Waals surface area contributed by atoms with Crippen molar-refractivity contribution < 1.29 is 14.0 Å². The van der Waals surface area contributed by atoms with Crippen molar-refractivity contribution in [2.75, 3.05) is 19.6 Å². The summed E-state index contributed by atoms with van der Waals surface area (Å²) >= 11 is 0. The van der Waals surface area contributed by atoms with Gasteiger partial charge in [-0.15, -0.1) is 0 Å². The Morgan fingerprint density at radius 3 is 2.89 bits per heavy atom. The number of furan rings is 1. The maximum atomic E-state index is 11.6. The summed E-state index contributed by atoms with van der Waals surface area (Å²) in [5, 5.41) is 8.73. The van der Waals surface area contributed by atoms with Crippen LogP contribution in [0, 0.1) is 0 Å². The molecule has 1 saturated heterocycles. The quantitative estimate of drug-likeness (QED) is 0.645. The Hall–Kier alpha value is -1.82. The zero-order chi connectivity index (χ0) is 13.5. The van der Waals surface area contributed by atoms with E-state index in [1.54, 1.807) is 12.1 Å². The maximum Gasteiger partial charge on any atom is 0.287 e. The molecule has 1 aromatic heterocycles. The van der Waals surface area contributed by atoms with E-state index in [9.17, 15) is 9.59 Å². The van der Waals surface area contributed by atoms with Crippen LogP contribution >= 0.6 is 0 Å². The van der Waals surface area contributed by atoms with Crippen LogP contribution in [-0.4, -0.2) is 37.5 Å². The molecule has 2 amide bonds. The van der Waals surface area contributed by atoms with Gasteiger partial charge in [0.1, 0.15) is 0 Å². The molecule has 19 heavy (non-hydrogen) atoms. The Balaban J connectivity index is 1.56. The summed E-state index contributed by atoms with van der Waals surface area (Å²) in [6.45, 7) is 1.82. The van der Waals surface area contributed by atoms with E-state index in [1.807, 2.05) is 0 Å². The van der Waals surface area contributed by atoms with Gasteiger partial charge in [-0.25, -0.2) is 0 Å². The number of hydrogen-bond donors (Lipinski definition) is 3. The van der Waals surface area contributed by atoms with Crippen molar-refractivity contribution in [1.82, 2.24) is 16.0 Å². The van der Waals surface area contributed by atoms with E-state index in [4.69, 9.17) is 4.42 Å². The van der Waals surface area contributed by atoms with Crippen LogP contribution in [0.2, 0.25) is 0 Å². The van der Waals surface area contributed by atoms with Crippen LogP contribution in [0.5, 0.6) is 0 Å². The van der Waals surface area contributed by atoms with Crippen molar-refractivity contribution in [1.29, 1.82) is 0 Å². The van der Waals surface area contributed by atoms with Gasteiger partial charge in [0.15, 0.2) is 5.76 Å². The SMILES string of the molecule is O=C(CC1CCCN1)NCCNC(=O)c1ccco1. The minimum atomic E-state index is -0.267. The molecule has 2 heterocycles. The van der Waals surface area contributed by atoms with Crippen molar-refractivity contribution in [3.8, 4) is 0 Å². The molecule has 0 bridgehead atoms. The van der Waals surface area contributed by atoms with Crippen LogP contribution in [0.4, 0.5) is 0 Å². The highest BCUT2D eigenvalue weighted by Gasteiger charge is 2.17. The van der Waals surface area contributed by atoms with E-state index in [2.05, 4.69) is 16.0 Å². The largest absolute Gasteiger partial charge is 0.459 e. The number of amides is 2. The molecule has 3 N–H and O–H groups in total. The highest BCUT2D eigenvalue weighted by Crippen LogP contribution is 2.07. The van der Waals surface area contributed by atoms with Crippen molar-refractivity contribution in [3.05, 3.63) is 24.2 Å². The molecule has 0 aliphatic carbocycles. The van der Waals surface area contributed by atoms with Crippen LogP contribution in [0.15, 0.2) is 22.8 Å².